The monoisotopic (exact) mass is 522 g/mol. The van der Waals surface area contributed by atoms with Gasteiger partial charge in [0.1, 0.15) is 5.75 Å². The summed E-state index contributed by atoms with van der Waals surface area (Å²) < 4.78 is 28.5. The highest BCUT2D eigenvalue weighted by molar-refractivity contribution is 7.99. The van der Waals surface area contributed by atoms with Crippen molar-refractivity contribution in [1.29, 1.82) is 5.26 Å². The lowest BCUT2D eigenvalue weighted by molar-refractivity contribution is -0.118. The van der Waals surface area contributed by atoms with Crippen molar-refractivity contribution in [2.75, 3.05) is 11.9 Å². The third-order valence-corrected chi connectivity index (χ3v) is 6.39. The topological polar surface area (TPSA) is 135 Å². The summed E-state index contributed by atoms with van der Waals surface area (Å²) in [5, 5.41) is 17.4. The van der Waals surface area contributed by atoms with Crippen molar-refractivity contribution in [3.63, 3.8) is 0 Å². The van der Waals surface area contributed by atoms with E-state index in [1.54, 1.807) is 43.3 Å². The van der Waals surface area contributed by atoms with E-state index in [9.17, 15) is 13.2 Å². The van der Waals surface area contributed by atoms with Gasteiger partial charge in [-0.15, -0.1) is 0 Å². The van der Waals surface area contributed by atoms with Gasteiger partial charge < -0.3 is 10.1 Å². The Kier molecular flexibility index (Phi) is 7.84. The molecule has 170 valence electrons. The number of carbonyl (C=O) groups excluding carboxylic acids is 1. The smallest absolute Gasteiger partial charge is 0.262 e. The molecule has 0 atom stereocenters. The Balaban J connectivity index is 1.72. The number of rotatable bonds is 7. The number of aryl methyl sites for hydroxylation is 1. The van der Waals surface area contributed by atoms with Crippen molar-refractivity contribution in [2.24, 2.45) is 5.14 Å². The molecule has 0 aliphatic carbocycles. The quantitative estimate of drug-likeness (QED) is 0.469. The molecule has 8 nitrogen and oxygen atoms in total. The van der Waals surface area contributed by atoms with Crippen molar-refractivity contribution in [3.05, 3.63) is 69.8 Å². The number of nitriles is 1. The van der Waals surface area contributed by atoms with Gasteiger partial charge in [-0.1, -0.05) is 35.0 Å². The molecule has 12 heteroatoms. The van der Waals surface area contributed by atoms with Crippen LogP contribution >= 0.6 is 35.0 Å². The summed E-state index contributed by atoms with van der Waals surface area (Å²) in [6, 6.07) is 14.5. The lowest BCUT2D eigenvalue weighted by atomic mass is 10.2. The number of amides is 1. The normalized spacial score (nSPS) is 11.0. The van der Waals surface area contributed by atoms with Gasteiger partial charge in [-0.3, -0.25) is 4.79 Å². The Morgan fingerprint density at radius 2 is 1.94 bits per heavy atom. The molecule has 3 N–H and O–H groups in total. The number of primary sulfonamides is 1. The minimum Gasteiger partial charge on any atom is -0.483 e. The van der Waals surface area contributed by atoms with Gasteiger partial charge in [0, 0.05) is 14.9 Å². The van der Waals surface area contributed by atoms with Crippen LogP contribution in [0.3, 0.4) is 0 Å². The number of nitrogens with two attached hydrogens (primary N) is 1. The van der Waals surface area contributed by atoms with Gasteiger partial charge in [0.2, 0.25) is 0 Å². The molecule has 0 aliphatic heterocycles. The molecular formula is C21H16Cl2N4O4S2. The van der Waals surface area contributed by atoms with Crippen LogP contribution in [-0.2, 0) is 14.8 Å². The summed E-state index contributed by atoms with van der Waals surface area (Å²) in [5.41, 5.74) is 1.02. The van der Waals surface area contributed by atoms with Crippen LogP contribution in [0.25, 0.3) is 0 Å². The van der Waals surface area contributed by atoms with Crippen LogP contribution in [0.4, 0.5) is 5.69 Å². The molecule has 1 aromatic heterocycles. The standard InChI is InChI=1S/C21H16Cl2N4O4S2/c1-12-17(3-5-21(26-12)33(25,29)30)27-20(28)11-31-18-4-2-14(22)9-19(18)32-16-7-13(10-24)6-15(23)8-16/h2-9H,11H2,1H3,(H,27,28)(H2,25,29,30). The van der Waals surface area contributed by atoms with Crippen LogP contribution in [-0.4, -0.2) is 25.9 Å². The average molecular weight is 523 g/mol. The SMILES string of the molecule is Cc1nc(S(N)(=O)=O)ccc1NC(=O)COc1ccc(Cl)cc1Sc1cc(Cl)cc(C#N)c1. The fourth-order valence-corrected chi connectivity index (χ4v) is 4.75. The van der Waals surface area contributed by atoms with Crippen LogP contribution in [0.2, 0.25) is 10.0 Å². The van der Waals surface area contributed by atoms with Crippen molar-refractivity contribution in [3.8, 4) is 11.8 Å². The third-order valence-electron chi connectivity index (χ3n) is 4.12. The number of hydrogen-bond acceptors (Lipinski definition) is 7. The Labute approximate surface area is 204 Å². The molecule has 1 heterocycles. The van der Waals surface area contributed by atoms with Crippen molar-refractivity contribution < 1.29 is 17.9 Å². The Hall–Kier alpha value is -2.81. The maximum absolute atomic E-state index is 12.4. The number of nitrogens with zero attached hydrogens (tertiary/aromatic N) is 2. The molecule has 33 heavy (non-hydrogen) atoms. The lowest BCUT2D eigenvalue weighted by Gasteiger charge is -2.13. The van der Waals surface area contributed by atoms with Crippen molar-refractivity contribution in [2.45, 2.75) is 21.7 Å². The molecule has 0 bridgehead atoms. The first-order chi connectivity index (χ1) is 15.5. The summed E-state index contributed by atoms with van der Waals surface area (Å²) in [6.07, 6.45) is 0. The molecule has 2 aromatic carbocycles. The predicted octanol–water partition coefficient (Wildman–Crippen LogP) is 4.38. The molecule has 3 rings (SSSR count). The van der Waals surface area contributed by atoms with E-state index in [0.29, 0.717) is 36.8 Å². The minimum atomic E-state index is -3.95. The number of pyridine rings is 1. The number of nitrogens with one attached hydrogen (secondary N) is 1. The summed E-state index contributed by atoms with van der Waals surface area (Å²) >= 11 is 13.5. The van der Waals surface area contributed by atoms with Crippen LogP contribution in [0.1, 0.15) is 11.3 Å². The van der Waals surface area contributed by atoms with E-state index >= 15 is 0 Å². The molecule has 0 fully saturated rings. The molecule has 0 unspecified atom stereocenters. The second kappa shape index (κ2) is 10.4. The molecule has 0 aliphatic rings. The first-order valence-corrected chi connectivity index (χ1v) is 12.3. The highest BCUT2D eigenvalue weighted by Crippen LogP contribution is 2.38. The average Bonchev–Trinajstić information content (AvgIpc) is 2.73. The summed E-state index contributed by atoms with van der Waals surface area (Å²) in [6.45, 7) is 1.21. The van der Waals surface area contributed by atoms with Gasteiger partial charge in [0.25, 0.3) is 15.9 Å². The summed E-state index contributed by atoms with van der Waals surface area (Å²) in [7, 11) is -3.95. The molecule has 0 radical (unpaired) electrons. The lowest BCUT2D eigenvalue weighted by Crippen LogP contribution is -2.21. The minimum absolute atomic E-state index is 0.284. The van der Waals surface area contributed by atoms with Gasteiger partial charge in [0.15, 0.2) is 11.6 Å². The highest BCUT2D eigenvalue weighted by atomic mass is 35.5. The number of anilines is 1. The van der Waals surface area contributed by atoms with Crippen LogP contribution in [0.5, 0.6) is 5.75 Å². The molecule has 0 spiro atoms. The van der Waals surface area contributed by atoms with Gasteiger partial charge in [-0.05, 0) is 55.5 Å². The molecule has 0 saturated heterocycles. The van der Waals surface area contributed by atoms with E-state index in [2.05, 4.69) is 10.3 Å². The number of ether oxygens (including phenoxy) is 1. The number of benzene rings is 2. The predicted molar refractivity (Wildman–Crippen MR) is 126 cm³/mol. The van der Waals surface area contributed by atoms with E-state index in [1.165, 1.54) is 23.9 Å². The number of sulfonamides is 1. The highest BCUT2D eigenvalue weighted by Gasteiger charge is 2.14. The molecule has 0 saturated carbocycles. The Morgan fingerprint density at radius 3 is 2.61 bits per heavy atom. The zero-order chi connectivity index (χ0) is 24.2. The van der Waals surface area contributed by atoms with E-state index in [1.807, 2.05) is 6.07 Å². The number of aromatic nitrogens is 1. The van der Waals surface area contributed by atoms with Crippen LogP contribution in [0.15, 0.2) is 63.3 Å². The van der Waals surface area contributed by atoms with Gasteiger partial charge in [-0.2, -0.15) is 5.26 Å². The number of halogens is 2. The van der Waals surface area contributed by atoms with E-state index in [0.717, 1.165) is 0 Å². The third kappa shape index (κ3) is 6.83. The second-order valence-corrected chi connectivity index (χ2v) is 10.1. The summed E-state index contributed by atoms with van der Waals surface area (Å²) in [5.74, 6) is -0.0823. The first-order valence-electron chi connectivity index (χ1n) is 9.16. The van der Waals surface area contributed by atoms with E-state index in [4.69, 9.17) is 38.3 Å². The Bertz CT molecular complexity index is 1380. The van der Waals surface area contributed by atoms with Crippen molar-refractivity contribution in [1.82, 2.24) is 4.98 Å². The van der Waals surface area contributed by atoms with Gasteiger partial charge >= 0.3 is 0 Å². The van der Waals surface area contributed by atoms with Crippen LogP contribution in [0, 0.1) is 18.3 Å². The summed E-state index contributed by atoms with van der Waals surface area (Å²) in [4.78, 5) is 17.6. The second-order valence-electron chi connectivity index (χ2n) is 6.64. The molecular weight excluding hydrogens is 507 g/mol. The molecule has 3 aromatic rings. The fraction of sp³-hybridized carbons (Fsp3) is 0.0952. The van der Waals surface area contributed by atoms with E-state index in [-0.39, 0.29) is 17.3 Å². The number of carbonyl (C=O) groups is 1. The van der Waals surface area contributed by atoms with Crippen molar-refractivity contribution >= 4 is 56.6 Å². The largest absolute Gasteiger partial charge is 0.483 e. The molecule has 1 amide bonds. The van der Waals surface area contributed by atoms with E-state index < -0.39 is 15.9 Å². The van der Waals surface area contributed by atoms with Crippen LogP contribution < -0.4 is 15.2 Å². The number of hydrogen-bond donors (Lipinski definition) is 2. The van der Waals surface area contributed by atoms with Gasteiger partial charge in [-0.25, -0.2) is 18.5 Å². The fourth-order valence-electron chi connectivity index (χ4n) is 2.65. The zero-order valence-corrected chi connectivity index (χ0v) is 20.1. The maximum atomic E-state index is 12.4. The maximum Gasteiger partial charge on any atom is 0.262 e. The van der Waals surface area contributed by atoms with Gasteiger partial charge in [0.05, 0.1) is 27.9 Å². The zero-order valence-electron chi connectivity index (χ0n) is 17.0. The first kappa shape index (κ1) is 24.8. The Morgan fingerprint density at radius 1 is 1.18 bits per heavy atom.